The summed E-state index contributed by atoms with van der Waals surface area (Å²) in [6.45, 7) is 5.40. The normalized spacial score (nSPS) is 17.9. The monoisotopic (exact) mass is 297 g/mol. The predicted octanol–water partition coefficient (Wildman–Crippen LogP) is 1.87. The highest BCUT2D eigenvalue weighted by Gasteiger charge is 2.20. The maximum Gasteiger partial charge on any atom is 0.233 e. The molecule has 1 N–H and O–H groups in total. The van der Waals surface area contributed by atoms with Crippen LogP contribution >= 0.6 is 11.8 Å². The van der Waals surface area contributed by atoms with Gasteiger partial charge in [0.25, 0.3) is 0 Å². The smallest absolute Gasteiger partial charge is 0.233 e. The average Bonchev–Trinajstić information content (AvgIpc) is 2.93. The fourth-order valence-corrected chi connectivity index (χ4v) is 3.35. The van der Waals surface area contributed by atoms with E-state index in [9.17, 15) is 4.79 Å². The van der Waals surface area contributed by atoms with E-state index in [2.05, 4.69) is 20.8 Å². The van der Waals surface area contributed by atoms with Gasteiger partial charge in [-0.3, -0.25) is 4.79 Å². The first-order valence-corrected chi connectivity index (χ1v) is 8.29. The molecule has 0 aliphatic heterocycles. The molecule has 0 radical (unpaired) electrons. The van der Waals surface area contributed by atoms with Gasteiger partial charge in [0.2, 0.25) is 11.1 Å². The molecule has 1 atom stereocenters. The van der Waals surface area contributed by atoms with Gasteiger partial charge in [0, 0.05) is 13.1 Å². The van der Waals surface area contributed by atoms with Crippen LogP contribution in [-0.4, -0.2) is 37.9 Å². The Hall–Kier alpha value is -1.11. The fourth-order valence-electron chi connectivity index (χ4n) is 2.47. The van der Waals surface area contributed by atoms with Gasteiger partial charge in [-0.05, 0) is 43.0 Å². The number of tetrazole rings is 1. The Bertz CT molecular complexity index is 430. The van der Waals surface area contributed by atoms with E-state index in [-0.39, 0.29) is 11.2 Å². The minimum absolute atomic E-state index is 0.0752. The zero-order valence-electron chi connectivity index (χ0n) is 12.2. The Kier molecular flexibility index (Phi) is 5.82. The Morgan fingerprint density at radius 3 is 2.90 bits per heavy atom. The molecule has 1 aliphatic carbocycles. The lowest BCUT2D eigenvalue weighted by atomic mass is 9.89. The van der Waals surface area contributed by atoms with Crippen LogP contribution in [0.1, 0.15) is 46.0 Å². The van der Waals surface area contributed by atoms with E-state index in [0.29, 0.717) is 17.6 Å². The molecule has 0 unspecified atom stereocenters. The first kappa shape index (κ1) is 15.3. The van der Waals surface area contributed by atoms with Gasteiger partial charge in [0.05, 0.1) is 5.25 Å². The average molecular weight is 297 g/mol. The van der Waals surface area contributed by atoms with E-state index in [4.69, 9.17) is 0 Å². The molecule has 1 saturated carbocycles. The number of nitrogens with one attached hydrogen (secondary N) is 1. The Morgan fingerprint density at radius 1 is 1.45 bits per heavy atom. The fraction of sp³-hybridized carbons (Fsp3) is 0.846. The molecule has 2 rings (SSSR count). The van der Waals surface area contributed by atoms with E-state index in [0.717, 1.165) is 6.54 Å². The summed E-state index contributed by atoms with van der Waals surface area (Å²) >= 11 is 1.41. The zero-order valence-corrected chi connectivity index (χ0v) is 13.0. The van der Waals surface area contributed by atoms with Gasteiger partial charge in [-0.2, -0.15) is 0 Å². The number of carbonyl (C=O) groups excluding carboxylic acids is 1. The highest BCUT2D eigenvalue weighted by atomic mass is 32.2. The number of thioether (sulfide) groups is 1. The molecular weight excluding hydrogens is 274 g/mol. The first-order valence-electron chi connectivity index (χ1n) is 7.41. The van der Waals surface area contributed by atoms with Crippen LogP contribution in [0.2, 0.25) is 0 Å². The van der Waals surface area contributed by atoms with E-state index in [1.54, 1.807) is 4.68 Å². The maximum absolute atomic E-state index is 12.1. The summed E-state index contributed by atoms with van der Waals surface area (Å²) in [5.74, 6) is 0.733. The summed E-state index contributed by atoms with van der Waals surface area (Å²) in [6, 6.07) is 0. The van der Waals surface area contributed by atoms with Crippen LogP contribution in [0, 0.1) is 5.92 Å². The van der Waals surface area contributed by atoms with Crippen LogP contribution in [0.15, 0.2) is 5.16 Å². The van der Waals surface area contributed by atoms with Crippen molar-refractivity contribution in [2.45, 2.75) is 62.9 Å². The second kappa shape index (κ2) is 7.61. The molecule has 7 heteroatoms. The summed E-state index contributed by atoms with van der Waals surface area (Å²) in [5, 5.41) is 15.0. The van der Waals surface area contributed by atoms with Gasteiger partial charge in [-0.1, -0.05) is 31.0 Å². The molecular formula is C13H23N5OS. The number of carbonyl (C=O) groups is 1. The van der Waals surface area contributed by atoms with Crippen LogP contribution in [0.4, 0.5) is 0 Å². The minimum atomic E-state index is -0.171. The summed E-state index contributed by atoms with van der Waals surface area (Å²) in [4.78, 5) is 12.1. The van der Waals surface area contributed by atoms with Crippen molar-refractivity contribution in [2.24, 2.45) is 5.92 Å². The van der Waals surface area contributed by atoms with Crippen LogP contribution in [0.25, 0.3) is 0 Å². The van der Waals surface area contributed by atoms with Gasteiger partial charge in [-0.15, -0.1) is 5.10 Å². The lowest BCUT2D eigenvalue weighted by Gasteiger charge is -2.22. The van der Waals surface area contributed by atoms with Crippen molar-refractivity contribution >= 4 is 17.7 Å². The quantitative estimate of drug-likeness (QED) is 0.812. The lowest BCUT2D eigenvalue weighted by Crippen LogP contribution is -2.35. The highest BCUT2D eigenvalue weighted by molar-refractivity contribution is 8.00. The van der Waals surface area contributed by atoms with Crippen molar-refractivity contribution in [1.29, 1.82) is 0 Å². The van der Waals surface area contributed by atoms with Crippen molar-refractivity contribution < 1.29 is 4.79 Å². The van der Waals surface area contributed by atoms with Crippen LogP contribution in [0.5, 0.6) is 0 Å². The van der Waals surface area contributed by atoms with Crippen molar-refractivity contribution in [1.82, 2.24) is 25.5 Å². The summed E-state index contributed by atoms with van der Waals surface area (Å²) in [7, 11) is 0. The number of hydrogen-bond acceptors (Lipinski definition) is 5. The largest absolute Gasteiger partial charge is 0.355 e. The third-order valence-corrected chi connectivity index (χ3v) is 4.81. The molecule has 1 amide bonds. The van der Waals surface area contributed by atoms with Crippen LogP contribution in [-0.2, 0) is 11.3 Å². The Labute approximate surface area is 124 Å². The molecule has 0 bridgehead atoms. The number of nitrogens with zero attached hydrogens (tertiary/aromatic N) is 4. The molecule has 0 saturated heterocycles. The summed E-state index contributed by atoms with van der Waals surface area (Å²) in [6.07, 6.45) is 6.44. The van der Waals surface area contributed by atoms with E-state index >= 15 is 0 Å². The van der Waals surface area contributed by atoms with Gasteiger partial charge in [0.1, 0.15) is 0 Å². The molecule has 0 spiro atoms. The van der Waals surface area contributed by atoms with E-state index in [1.165, 1.54) is 43.9 Å². The third-order valence-electron chi connectivity index (χ3n) is 3.74. The van der Waals surface area contributed by atoms with Crippen LogP contribution < -0.4 is 5.32 Å². The Morgan fingerprint density at radius 2 is 2.20 bits per heavy atom. The molecule has 1 aromatic heterocycles. The lowest BCUT2D eigenvalue weighted by molar-refractivity contribution is -0.120. The second-order valence-electron chi connectivity index (χ2n) is 5.29. The van der Waals surface area contributed by atoms with Crippen molar-refractivity contribution in [2.75, 3.05) is 6.54 Å². The molecule has 1 aliphatic rings. The number of aromatic nitrogens is 4. The third kappa shape index (κ3) is 4.19. The van der Waals surface area contributed by atoms with Gasteiger partial charge in [0.15, 0.2) is 0 Å². The first-order chi connectivity index (χ1) is 9.70. The van der Waals surface area contributed by atoms with Crippen molar-refractivity contribution in [3.8, 4) is 0 Å². The second-order valence-corrected chi connectivity index (χ2v) is 6.59. The van der Waals surface area contributed by atoms with Gasteiger partial charge >= 0.3 is 0 Å². The standard InChI is InChI=1S/C13H23N5OS/c1-3-18-13(15-16-17-18)20-10(2)12(19)14-9-11-7-5-4-6-8-11/h10-11H,3-9H2,1-2H3,(H,14,19)/t10-/m1/s1. The number of rotatable bonds is 6. The Balaban J connectivity index is 1.76. The van der Waals surface area contributed by atoms with Gasteiger partial charge in [-0.25, -0.2) is 4.68 Å². The minimum Gasteiger partial charge on any atom is -0.355 e. The summed E-state index contributed by atoms with van der Waals surface area (Å²) < 4.78 is 1.70. The number of hydrogen-bond donors (Lipinski definition) is 1. The number of aryl methyl sites for hydroxylation is 1. The highest BCUT2D eigenvalue weighted by Crippen LogP contribution is 2.23. The molecule has 20 heavy (non-hydrogen) atoms. The molecule has 6 nitrogen and oxygen atoms in total. The van der Waals surface area contributed by atoms with E-state index in [1.807, 2.05) is 13.8 Å². The maximum atomic E-state index is 12.1. The van der Waals surface area contributed by atoms with Crippen LogP contribution in [0.3, 0.4) is 0 Å². The zero-order chi connectivity index (χ0) is 14.4. The SMILES string of the molecule is CCn1nnnc1S[C@H](C)C(=O)NCC1CCCCC1. The van der Waals surface area contributed by atoms with Crippen molar-refractivity contribution in [3.63, 3.8) is 0 Å². The molecule has 0 aromatic carbocycles. The summed E-state index contributed by atoms with van der Waals surface area (Å²) in [5.41, 5.74) is 0. The molecule has 1 aromatic rings. The number of amides is 1. The molecule has 1 fully saturated rings. The van der Waals surface area contributed by atoms with Crippen molar-refractivity contribution in [3.05, 3.63) is 0 Å². The van der Waals surface area contributed by atoms with Gasteiger partial charge < -0.3 is 5.32 Å². The molecule has 112 valence electrons. The topological polar surface area (TPSA) is 72.7 Å². The van der Waals surface area contributed by atoms with E-state index < -0.39 is 0 Å². The predicted molar refractivity (Wildman–Crippen MR) is 78.4 cm³/mol. The molecule has 1 heterocycles.